The molecule has 0 unspecified atom stereocenters. The minimum absolute atomic E-state index is 0.736. The number of terminal acetylenes is 1. The summed E-state index contributed by atoms with van der Waals surface area (Å²) in [6.07, 6.45) is 6.67. The Bertz CT molecular complexity index is 80.2. The van der Waals surface area contributed by atoms with Gasteiger partial charge < -0.3 is 14.2 Å². The van der Waals surface area contributed by atoms with E-state index in [1.807, 2.05) is 6.11 Å². The molecule has 0 saturated carbocycles. The van der Waals surface area contributed by atoms with Gasteiger partial charge >= 0.3 is 6.48 Å². The number of ether oxygens (including phenoxy) is 3. The zero-order chi connectivity index (χ0) is 6.41. The predicted molar refractivity (Wildman–Crippen MR) is 27.7 cm³/mol. The van der Waals surface area contributed by atoms with Crippen LogP contribution in [0.15, 0.2) is 0 Å². The first kappa shape index (κ1) is 7.28. The van der Waals surface area contributed by atoms with Gasteiger partial charge in [0, 0.05) is 14.2 Å². The molecule has 46 valence electrons. The van der Waals surface area contributed by atoms with Crippen LogP contribution >= 0.6 is 0 Å². The third-order valence-corrected chi connectivity index (χ3v) is 0.549. The normalized spacial score (nSPS) is 8.75. The van der Waals surface area contributed by atoms with Gasteiger partial charge in [0.25, 0.3) is 0 Å². The molecule has 8 heavy (non-hydrogen) atoms. The van der Waals surface area contributed by atoms with E-state index in [1.165, 1.54) is 14.2 Å². The van der Waals surface area contributed by atoms with Crippen molar-refractivity contribution >= 4 is 0 Å². The van der Waals surface area contributed by atoms with Gasteiger partial charge in [-0.15, -0.1) is 0 Å². The molecule has 3 heteroatoms. The Morgan fingerprint density at radius 3 is 2.00 bits per heavy atom. The monoisotopic (exact) mass is 116 g/mol. The summed E-state index contributed by atoms with van der Waals surface area (Å²) in [7, 11) is 2.87. The average molecular weight is 116 g/mol. The number of rotatable bonds is 3. The minimum atomic E-state index is -0.736. The molecule has 0 N–H and O–H groups in total. The lowest BCUT2D eigenvalue weighted by Crippen LogP contribution is -2.13. The van der Waals surface area contributed by atoms with E-state index in [9.17, 15) is 0 Å². The molecule has 0 aromatic carbocycles. The van der Waals surface area contributed by atoms with Crippen LogP contribution in [0.4, 0.5) is 0 Å². The zero-order valence-electron chi connectivity index (χ0n) is 4.88. The smallest absolute Gasteiger partial charge is 0.324 e. The number of hydrogen-bond donors (Lipinski definition) is 0. The van der Waals surface area contributed by atoms with Crippen LogP contribution in [-0.4, -0.2) is 20.7 Å². The third kappa shape index (κ3) is 2.45. The maximum absolute atomic E-state index is 4.75. The van der Waals surface area contributed by atoms with Gasteiger partial charge in [-0.25, -0.2) is 0 Å². The molecule has 0 aliphatic heterocycles. The lowest BCUT2D eigenvalue weighted by atomic mass is 11.1. The predicted octanol–water partition coefficient (Wildman–Crippen LogP) is 0.170. The highest BCUT2D eigenvalue weighted by molar-refractivity contribution is 4.67. The first-order valence-electron chi connectivity index (χ1n) is 2.02. The van der Waals surface area contributed by atoms with Crippen molar-refractivity contribution in [3.63, 3.8) is 0 Å². The van der Waals surface area contributed by atoms with Gasteiger partial charge in [-0.2, -0.15) is 0 Å². The van der Waals surface area contributed by atoms with Gasteiger partial charge in [-0.1, -0.05) is 6.42 Å². The van der Waals surface area contributed by atoms with Gasteiger partial charge in [0.15, 0.2) is 0 Å². The molecule has 0 heterocycles. The second-order valence-corrected chi connectivity index (χ2v) is 0.996. The lowest BCUT2D eigenvalue weighted by molar-refractivity contribution is -0.233. The van der Waals surface area contributed by atoms with E-state index in [4.69, 9.17) is 6.42 Å². The van der Waals surface area contributed by atoms with E-state index in [0.717, 1.165) is 0 Å². The van der Waals surface area contributed by atoms with Gasteiger partial charge in [-0.05, 0) is 0 Å². The molecule has 0 aliphatic carbocycles. The van der Waals surface area contributed by atoms with E-state index >= 15 is 0 Å². The van der Waals surface area contributed by atoms with Crippen LogP contribution in [0.2, 0.25) is 0 Å². The van der Waals surface area contributed by atoms with Crippen LogP contribution in [0.5, 0.6) is 0 Å². The fourth-order valence-corrected chi connectivity index (χ4v) is 0.248. The molecule has 0 saturated heterocycles. The third-order valence-electron chi connectivity index (χ3n) is 0.549. The summed E-state index contributed by atoms with van der Waals surface area (Å²) >= 11 is 0. The SMILES string of the molecule is C#COC(OC)OC. The highest BCUT2D eigenvalue weighted by atomic mass is 16.8. The van der Waals surface area contributed by atoms with Crippen molar-refractivity contribution in [1.29, 1.82) is 0 Å². The Morgan fingerprint density at radius 2 is 1.88 bits per heavy atom. The zero-order valence-corrected chi connectivity index (χ0v) is 4.88. The Hall–Kier alpha value is -0.720. The van der Waals surface area contributed by atoms with Crippen LogP contribution in [0.25, 0.3) is 0 Å². The molecule has 0 fully saturated rings. The van der Waals surface area contributed by atoms with Crippen LogP contribution in [0.1, 0.15) is 0 Å². The van der Waals surface area contributed by atoms with Crippen molar-refractivity contribution in [2.75, 3.05) is 14.2 Å². The maximum atomic E-state index is 4.75. The van der Waals surface area contributed by atoms with Gasteiger partial charge in [0.2, 0.25) is 0 Å². The Labute approximate surface area is 48.5 Å². The second kappa shape index (κ2) is 4.44. The van der Waals surface area contributed by atoms with Crippen molar-refractivity contribution in [2.45, 2.75) is 6.48 Å². The molecule has 0 atom stereocenters. The number of methoxy groups -OCH3 is 2. The Morgan fingerprint density at radius 1 is 1.38 bits per heavy atom. The van der Waals surface area contributed by atoms with Gasteiger partial charge in [0.1, 0.15) is 6.11 Å². The number of hydrogen-bond acceptors (Lipinski definition) is 3. The molecule has 0 radical (unpaired) electrons. The van der Waals surface area contributed by atoms with Crippen molar-refractivity contribution in [1.82, 2.24) is 0 Å². The minimum Gasteiger partial charge on any atom is -0.389 e. The van der Waals surface area contributed by atoms with Crippen molar-refractivity contribution in [3.8, 4) is 12.5 Å². The van der Waals surface area contributed by atoms with Crippen molar-refractivity contribution in [2.24, 2.45) is 0 Å². The fourth-order valence-electron chi connectivity index (χ4n) is 0.248. The van der Waals surface area contributed by atoms with Crippen LogP contribution in [0.3, 0.4) is 0 Å². The summed E-state index contributed by atoms with van der Waals surface area (Å²) in [5, 5.41) is 0. The van der Waals surface area contributed by atoms with Gasteiger partial charge in [-0.3, -0.25) is 0 Å². The largest absolute Gasteiger partial charge is 0.389 e. The van der Waals surface area contributed by atoms with Gasteiger partial charge in [0.05, 0.1) is 0 Å². The molecular weight excluding hydrogens is 108 g/mol. The lowest BCUT2D eigenvalue weighted by Gasteiger charge is -2.08. The van der Waals surface area contributed by atoms with E-state index < -0.39 is 6.48 Å². The summed E-state index contributed by atoms with van der Waals surface area (Å²) in [5.74, 6) is 0. The van der Waals surface area contributed by atoms with Crippen molar-refractivity contribution < 1.29 is 14.2 Å². The summed E-state index contributed by atoms with van der Waals surface area (Å²) in [6.45, 7) is -0.736. The molecule has 0 aromatic heterocycles. The summed E-state index contributed by atoms with van der Waals surface area (Å²) in [4.78, 5) is 0. The average Bonchev–Trinajstić information content (AvgIpc) is 1.83. The first-order valence-corrected chi connectivity index (χ1v) is 2.02. The Balaban J connectivity index is 3.25. The molecule has 0 bridgehead atoms. The van der Waals surface area contributed by atoms with E-state index in [0.29, 0.717) is 0 Å². The summed E-state index contributed by atoms with van der Waals surface area (Å²) < 4.78 is 13.5. The second-order valence-electron chi connectivity index (χ2n) is 0.996. The topological polar surface area (TPSA) is 27.7 Å². The molecule has 0 aliphatic rings. The summed E-state index contributed by atoms with van der Waals surface area (Å²) in [6, 6.07) is 0. The van der Waals surface area contributed by atoms with Crippen LogP contribution < -0.4 is 0 Å². The highest BCUT2D eigenvalue weighted by Gasteiger charge is 1.99. The van der Waals surface area contributed by atoms with E-state index in [2.05, 4.69) is 14.2 Å². The van der Waals surface area contributed by atoms with E-state index in [1.54, 1.807) is 0 Å². The van der Waals surface area contributed by atoms with Crippen molar-refractivity contribution in [3.05, 3.63) is 0 Å². The highest BCUT2D eigenvalue weighted by Crippen LogP contribution is 1.89. The van der Waals surface area contributed by atoms with Crippen LogP contribution in [-0.2, 0) is 14.2 Å². The summed E-state index contributed by atoms with van der Waals surface area (Å²) in [5.41, 5.74) is 0. The van der Waals surface area contributed by atoms with E-state index in [-0.39, 0.29) is 0 Å². The fraction of sp³-hybridized carbons (Fsp3) is 0.600. The molecule has 0 amide bonds. The maximum Gasteiger partial charge on any atom is 0.324 e. The molecular formula is C5H8O3. The van der Waals surface area contributed by atoms with Crippen LogP contribution in [0, 0.1) is 12.5 Å². The molecule has 0 rings (SSSR count). The first-order chi connectivity index (χ1) is 3.85. The molecule has 0 aromatic rings. The quantitative estimate of drug-likeness (QED) is 0.388. The molecule has 3 nitrogen and oxygen atoms in total. The molecule has 0 spiro atoms. The Kier molecular flexibility index (Phi) is 4.04. The standard InChI is InChI=1S/C5H8O3/c1-4-8-5(6-2)7-3/h1,5H,2-3H3.